The van der Waals surface area contributed by atoms with Crippen molar-refractivity contribution in [3.63, 3.8) is 0 Å². The molecule has 10 nitrogen and oxygen atoms in total. The lowest BCUT2D eigenvalue weighted by Crippen LogP contribution is -2.64. The third-order valence-corrected chi connectivity index (χ3v) is 9.28. The summed E-state index contributed by atoms with van der Waals surface area (Å²) >= 11 is 0. The van der Waals surface area contributed by atoms with Gasteiger partial charge in [0.05, 0.1) is 13.1 Å². The number of ether oxygens (including phenoxy) is 1. The Bertz CT molecular complexity index is 2000. The number of aliphatic hydroxyl groups is 1. The number of benzene rings is 2. The zero-order chi connectivity index (χ0) is 35.7. The first kappa shape index (κ1) is 34.4. The van der Waals surface area contributed by atoms with Crippen LogP contribution < -0.4 is 21.8 Å². The van der Waals surface area contributed by atoms with Crippen LogP contribution in [0.4, 0.5) is 29.1 Å². The minimum atomic E-state index is -3.85. The molecule has 1 saturated carbocycles. The molecule has 260 valence electrons. The van der Waals surface area contributed by atoms with E-state index < -0.39 is 71.5 Å². The van der Waals surface area contributed by atoms with E-state index in [1.165, 1.54) is 12.1 Å². The van der Waals surface area contributed by atoms with E-state index in [1.54, 1.807) is 48.5 Å². The molecule has 5 N–H and O–H groups in total. The molecule has 2 aromatic carbocycles. The zero-order valence-electron chi connectivity index (χ0n) is 26.7. The number of anilines is 2. The maximum atomic E-state index is 16.2. The first-order chi connectivity index (χ1) is 23.8. The van der Waals surface area contributed by atoms with Gasteiger partial charge in [-0.3, -0.25) is 14.2 Å². The monoisotopic (exact) mass is 690 g/mol. The minimum Gasteiger partial charge on any atom is -0.437 e. The van der Waals surface area contributed by atoms with Gasteiger partial charge in [0.1, 0.15) is 35.0 Å². The van der Waals surface area contributed by atoms with Crippen molar-refractivity contribution in [3.05, 3.63) is 107 Å². The number of aromatic nitrogens is 3. The van der Waals surface area contributed by atoms with Crippen LogP contribution in [0.3, 0.4) is 0 Å². The van der Waals surface area contributed by atoms with Crippen LogP contribution in [0.5, 0.6) is 11.6 Å². The number of carbonyl (C=O) groups excluding carboxylic acids is 1. The Morgan fingerprint density at radius 2 is 1.76 bits per heavy atom. The van der Waals surface area contributed by atoms with E-state index in [1.807, 2.05) is 0 Å². The van der Waals surface area contributed by atoms with Crippen molar-refractivity contribution in [2.75, 3.05) is 24.6 Å². The fourth-order valence-corrected chi connectivity index (χ4v) is 6.50. The van der Waals surface area contributed by atoms with E-state index in [-0.39, 0.29) is 43.3 Å². The molecule has 1 aliphatic heterocycles. The molecular formula is C36H34F4N6O4. The second-order valence-corrected chi connectivity index (χ2v) is 12.7. The number of likely N-dealkylation sites (tertiary alicyclic amines) is 1. The first-order valence-electron chi connectivity index (χ1n) is 15.9. The lowest BCUT2D eigenvalue weighted by molar-refractivity contribution is -0.223. The normalized spacial score (nSPS) is 24.5. The van der Waals surface area contributed by atoms with Gasteiger partial charge in [-0.1, -0.05) is 42.3 Å². The summed E-state index contributed by atoms with van der Waals surface area (Å²) in [5, 5.41) is 11.2. The van der Waals surface area contributed by atoms with Crippen molar-refractivity contribution in [2.45, 2.75) is 55.3 Å². The van der Waals surface area contributed by atoms with Crippen LogP contribution >= 0.6 is 0 Å². The third kappa shape index (κ3) is 7.13. The Morgan fingerprint density at radius 1 is 1.02 bits per heavy atom. The quantitative estimate of drug-likeness (QED) is 0.195. The summed E-state index contributed by atoms with van der Waals surface area (Å²) in [6, 6.07) is 18.5. The second-order valence-electron chi connectivity index (χ2n) is 12.7. The molecule has 0 radical (unpaired) electrons. The number of halogens is 4. The average Bonchev–Trinajstić information content (AvgIpc) is 3.09. The van der Waals surface area contributed by atoms with Gasteiger partial charge in [0.25, 0.3) is 11.5 Å². The van der Waals surface area contributed by atoms with E-state index in [0.717, 1.165) is 27.9 Å². The van der Waals surface area contributed by atoms with Crippen molar-refractivity contribution < 1.29 is 32.2 Å². The van der Waals surface area contributed by atoms with Gasteiger partial charge in [-0.25, -0.2) is 27.5 Å². The van der Waals surface area contributed by atoms with Gasteiger partial charge in [-0.05, 0) is 66.6 Å². The largest absolute Gasteiger partial charge is 0.437 e. The van der Waals surface area contributed by atoms with Gasteiger partial charge in [-0.15, -0.1) is 0 Å². The molecule has 4 aromatic rings. The van der Waals surface area contributed by atoms with Gasteiger partial charge in [0.15, 0.2) is 11.4 Å². The van der Waals surface area contributed by atoms with Gasteiger partial charge in [0, 0.05) is 25.3 Å². The SMILES string of the molecule is Nc1cccc(C#C[C@@]2(F)CC[C@@H](C(=O)N3CC[C@](O)(Cn4cnc(Oc5ccc(F)cc5)c(N)c4=O)C(F)(F)C3)[C@H](c3ccccc3)C2)n1. The predicted molar refractivity (Wildman–Crippen MR) is 176 cm³/mol. The number of amides is 1. The molecule has 0 bridgehead atoms. The number of nitrogens with two attached hydrogens (primary N) is 2. The van der Waals surface area contributed by atoms with Crippen molar-refractivity contribution in [1.29, 1.82) is 0 Å². The van der Waals surface area contributed by atoms with E-state index in [4.69, 9.17) is 16.2 Å². The minimum absolute atomic E-state index is 0.0486. The fraction of sp³-hybridized carbons (Fsp3) is 0.333. The number of rotatable bonds is 6. The van der Waals surface area contributed by atoms with Crippen LogP contribution in [0.1, 0.15) is 42.9 Å². The predicted octanol–water partition coefficient (Wildman–Crippen LogP) is 4.68. The molecule has 14 heteroatoms. The summed E-state index contributed by atoms with van der Waals surface area (Å²) in [5.74, 6) is -0.956. The van der Waals surface area contributed by atoms with Crippen LogP contribution in [0.15, 0.2) is 83.9 Å². The van der Waals surface area contributed by atoms with Crippen molar-refractivity contribution >= 4 is 17.4 Å². The highest BCUT2D eigenvalue weighted by Crippen LogP contribution is 2.46. The van der Waals surface area contributed by atoms with Crippen LogP contribution in [0.25, 0.3) is 0 Å². The van der Waals surface area contributed by atoms with E-state index >= 15 is 13.2 Å². The van der Waals surface area contributed by atoms with Crippen molar-refractivity contribution in [1.82, 2.24) is 19.4 Å². The molecule has 1 aliphatic carbocycles. The van der Waals surface area contributed by atoms with Gasteiger partial charge in [-0.2, -0.15) is 0 Å². The summed E-state index contributed by atoms with van der Waals surface area (Å²) in [7, 11) is 0. The van der Waals surface area contributed by atoms with Crippen LogP contribution in [-0.4, -0.2) is 60.7 Å². The smallest absolute Gasteiger partial charge is 0.295 e. The summed E-state index contributed by atoms with van der Waals surface area (Å²) in [6.07, 6.45) is 0.154. The molecule has 1 amide bonds. The van der Waals surface area contributed by atoms with Crippen molar-refractivity contribution in [2.24, 2.45) is 5.92 Å². The number of carbonyl (C=O) groups is 1. The Hall–Kier alpha value is -5.42. The second kappa shape index (κ2) is 13.5. The van der Waals surface area contributed by atoms with Crippen LogP contribution in [-0.2, 0) is 11.3 Å². The van der Waals surface area contributed by atoms with Crippen LogP contribution in [0.2, 0.25) is 0 Å². The number of nitrogen functional groups attached to an aromatic ring is 2. The summed E-state index contributed by atoms with van der Waals surface area (Å²) < 4.78 is 67.3. The van der Waals surface area contributed by atoms with E-state index in [2.05, 4.69) is 21.8 Å². The Labute approximate surface area is 284 Å². The number of alkyl halides is 3. The third-order valence-electron chi connectivity index (χ3n) is 9.28. The molecule has 6 rings (SSSR count). The topological polar surface area (TPSA) is 150 Å². The molecule has 1 saturated heterocycles. The lowest BCUT2D eigenvalue weighted by Gasteiger charge is -2.46. The van der Waals surface area contributed by atoms with Gasteiger partial charge in [0.2, 0.25) is 11.8 Å². The molecule has 50 heavy (non-hydrogen) atoms. The molecule has 2 aromatic heterocycles. The van der Waals surface area contributed by atoms with E-state index in [9.17, 15) is 19.1 Å². The maximum absolute atomic E-state index is 16.2. The summed E-state index contributed by atoms with van der Waals surface area (Å²) in [5.41, 5.74) is 6.45. The fourth-order valence-electron chi connectivity index (χ4n) is 6.50. The van der Waals surface area contributed by atoms with Gasteiger partial charge < -0.3 is 26.2 Å². The molecule has 3 heterocycles. The highest BCUT2D eigenvalue weighted by molar-refractivity contribution is 5.80. The highest BCUT2D eigenvalue weighted by Gasteiger charge is 2.58. The summed E-state index contributed by atoms with van der Waals surface area (Å²) in [6.45, 7) is -2.23. The zero-order valence-corrected chi connectivity index (χ0v) is 26.7. The van der Waals surface area contributed by atoms with Gasteiger partial charge >= 0.3 is 0 Å². The molecule has 0 unspecified atom stereocenters. The Morgan fingerprint density at radius 3 is 2.46 bits per heavy atom. The molecule has 2 fully saturated rings. The number of hydrogen-bond acceptors (Lipinski definition) is 8. The number of hydrogen-bond donors (Lipinski definition) is 3. The molecule has 4 atom stereocenters. The standard InChI is InChI=1S/C36H34F4N6O4/c37-24-9-11-26(12-10-24)50-31-30(42)33(48)46(22-43-31)20-35(49)17-18-45(21-36(35,39)40)32(47)27-14-16-34(38,15-13-25-7-4-8-29(41)44-25)19-28(27)23-5-2-1-3-6-23/h1-12,22,27-28,49H,14,16-21,42H2,(H2,41,44)/t27-,28+,34-,35+/m1/s1. The Balaban J connectivity index is 1.18. The number of piperidine rings is 1. The molecule has 2 aliphatic rings. The average molecular weight is 691 g/mol. The van der Waals surface area contributed by atoms with E-state index in [0.29, 0.717) is 11.3 Å². The first-order valence-corrected chi connectivity index (χ1v) is 15.9. The lowest BCUT2D eigenvalue weighted by atomic mass is 9.69. The summed E-state index contributed by atoms with van der Waals surface area (Å²) in [4.78, 5) is 36.0. The highest BCUT2D eigenvalue weighted by atomic mass is 19.3. The molecular weight excluding hydrogens is 656 g/mol. The maximum Gasteiger partial charge on any atom is 0.295 e. The van der Waals surface area contributed by atoms with Crippen LogP contribution in [0, 0.1) is 23.6 Å². The molecule has 0 spiro atoms. The Kier molecular flexibility index (Phi) is 9.28. The number of pyridine rings is 1. The van der Waals surface area contributed by atoms with Crippen molar-refractivity contribution in [3.8, 4) is 23.5 Å². The number of nitrogens with zero attached hydrogens (tertiary/aromatic N) is 4.